The van der Waals surface area contributed by atoms with Gasteiger partial charge in [0.2, 0.25) is 21.8 Å². The zero-order chi connectivity index (χ0) is 22.3. The highest BCUT2D eigenvalue weighted by atomic mass is 35.5. The zero-order valence-electron chi connectivity index (χ0n) is 17.0. The van der Waals surface area contributed by atoms with Gasteiger partial charge in [-0.3, -0.25) is 14.6 Å². The third-order valence-electron chi connectivity index (χ3n) is 5.17. The minimum absolute atomic E-state index is 0.148. The molecule has 0 bridgehead atoms. The maximum atomic E-state index is 12.7. The van der Waals surface area contributed by atoms with Gasteiger partial charge in [-0.2, -0.15) is 4.31 Å². The quantitative estimate of drug-likeness (QED) is 0.620. The van der Waals surface area contributed by atoms with Crippen LogP contribution in [0, 0.1) is 5.92 Å². The van der Waals surface area contributed by atoms with Crippen molar-refractivity contribution in [2.45, 2.75) is 30.7 Å². The Labute approximate surface area is 187 Å². The van der Waals surface area contributed by atoms with Crippen LogP contribution in [0.2, 0.25) is 5.02 Å². The van der Waals surface area contributed by atoms with Crippen molar-refractivity contribution in [3.05, 3.63) is 59.4 Å². The minimum atomic E-state index is -3.60. The molecule has 1 saturated heterocycles. The number of rotatable bonds is 8. The van der Waals surface area contributed by atoms with Crippen LogP contribution >= 0.6 is 11.6 Å². The van der Waals surface area contributed by atoms with Crippen LogP contribution in [0.3, 0.4) is 0 Å². The Morgan fingerprint density at radius 2 is 1.68 bits per heavy atom. The van der Waals surface area contributed by atoms with Gasteiger partial charge < -0.3 is 10.6 Å². The number of halogens is 1. The highest BCUT2D eigenvalue weighted by Gasteiger charge is 2.32. The standard InChI is InChI=1S/C21H25ClN4O4S/c22-18-1-3-19(4-2-18)31(29,30)26-13-8-17(9-14-26)21(28)24-12-7-20(27)25-15-16-5-10-23-11-6-16/h1-6,10-11,17H,7-9,12-15H2,(H,24,28)(H,25,27). The second-order valence-electron chi connectivity index (χ2n) is 7.31. The summed E-state index contributed by atoms with van der Waals surface area (Å²) in [6.07, 6.45) is 4.38. The SMILES string of the molecule is O=C(CCNC(=O)C1CCN(S(=O)(=O)c2ccc(Cl)cc2)CC1)NCc1ccncc1. The highest BCUT2D eigenvalue weighted by Crippen LogP contribution is 2.24. The summed E-state index contributed by atoms with van der Waals surface area (Å²) in [4.78, 5) is 28.4. The molecule has 3 rings (SSSR count). The smallest absolute Gasteiger partial charge is 0.243 e. The summed E-state index contributed by atoms with van der Waals surface area (Å²) in [7, 11) is -3.60. The van der Waals surface area contributed by atoms with Gasteiger partial charge in [-0.1, -0.05) is 11.6 Å². The van der Waals surface area contributed by atoms with Crippen LogP contribution in [-0.4, -0.2) is 49.2 Å². The monoisotopic (exact) mass is 464 g/mol. The van der Waals surface area contributed by atoms with Crippen LogP contribution in [0.4, 0.5) is 0 Å². The number of nitrogens with one attached hydrogen (secondary N) is 2. The molecule has 0 unspecified atom stereocenters. The van der Waals surface area contributed by atoms with Gasteiger partial charge in [0.1, 0.15) is 0 Å². The zero-order valence-corrected chi connectivity index (χ0v) is 18.5. The van der Waals surface area contributed by atoms with Crippen LogP contribution in [0.25, 0.3) is 0 Å². The van der Waals surface area contributed by atoms with E-state index in [1.165, 1.54) is 16.4 Å². The molecule has 0 spiro atoms. The summed E-state index contributed by atoms with van der Waals surface area (Å²) in [6.45, 7) is 1.20. The third kappa shape index (κ3) is 6.49. The summed E-state index contributed by atoms with van der Waals surface area (Å²) >= 11 is 5.83. The second-order valence-corrected chi connectivity index (χ2v) is 9.68. The molecule has 1 aliphatic rings. The molecule has 8 nitrogen and oxygen atoms in total. The first-order valence-corrected chi connectivity index (χ1v) is 11.9. The van der Waals surface area contributed by atoms with Crippen LogP contribution in [0.1, 0.15) is 24.8 Å². The van der Waals surface area contributed by atoms with Gasteiger partial charge in [-0.25, -0.2) is 8.42 Å². The summed E-state index contributed by atoms with van der Waals surface area (Å²) in [5, 5.41) is 6.05. The van der Waals surface area contributed by atoms with Gasteiger partial charge in [0.25, 0.3) is 0 Å². The van der Waals surface area contributed by atoms with Gasteiger partial charge in [0, 0.05) is 55.9 Å². The number of nitrogens with zero attached hydrogens (tertiary/aromatic N) is 2. The van der Waals surface area contributed by atoms with Crippen LogP contribution in [-0.2, 0) is 26.2 Å². The lowest BCUT2D eigenvalue weighted by Crippen LogP contribution is -2.43. The summed E-state index contributed by atoms with van der Waals surface area (Å²) in [5.74, 6) is -0.567. The Kier molecular flexibility index (Phi) is 8.00. The van der Waals surface area contributed by atoms with Crippen molar-refractivity contribution >= 4 is 33.4 Å². The van der Waals surface area contributed by atoms with Crippen LogP contribution < -0.4 is 10.6 Å². The molecule has 0 saturated carbocycles. The molecule has 0 atom stereocenters. The summed E-state index contributed by atoms with van der Waals surface area (Å²) < 4.78 is 26.8. The number of piperidine rings is 1. The molecule has 1 aromatic heterocycles. The minimum Gasteiger partial charge on any atom is -0.355 e. The molecule has 0 radical (unpaired) electrons. The normalized spacial score (nSPS) is 15.4. The molecule has 2 N–H and O–H groups in total. The Morgan fingerprint density at radius 3 is 2.32 bits per heavy atom. The van der Waals surface area contributed by atoms with Crippen molar-refractivity contribution in [3.63, 3.8) is 0 Å². The molecule has 10 heteroatoms. The molecule has 2 amide bonds. The molecule has 2 heterocycles. The molecule has 166 valence electrons. The van der Waals surface area contributed by atoms with E-state index < -0.39 is 10.0 Å². The number of hydrogen-bond acceptors (Lipinski definition) is 5. The van der Waals surface area contributed by atoms with E-state index in [9.17, 15) is 18.0 Å². The topological polar surface area (TPSA) is 108 Å². The number of carbonyl (C=O) groups is 2. The average molecular weight is 465 g/mol. The van der Waals surface area contributed by atoms with Gasteiger partial charge >= 0.3 is 0 Å². The maximum Gasteiger partial charge on any atom is 0.243 e. The van der Waals surface area contributed by atoms with Crippen molar-refractivity contribution in [1.29, 1.82) is 0 Å². The van der Waals surface area contributed by atoms with Crippen molar-refractivity contribution in [2.24, 2.45) is 5.92 Å². The Balaban J connectivity index is 1.39. The van der Waals surface area contributed by atoms with Gasteiger partial charge in [-0.15, -0.1) is 0 Å². The number of sulfonamides is 1. The van der Waals surface area contributed by atoms with Gasteiger partial charge in [-0.05, 0) is 54.8 Å². The average Bonchev–Trinajstić information content (AvgIpc) is 2.78. The maximum absolute atomic E-state index is 12.7. The lowest BCUT2D eigenvalue weighted by atomic mass is 9.97. The lowest BCUT2D eigenvalue weighted by Gasteiger charge is -2.30. The van der Waals surface area contributed by atoms with E-state index in [4.69, 9.17) is 11.6 Å². The molecule has 2 aromatic rings. The molecule has 1 fully saturated rings. The molecular weight excluding hydrogens is 440 g/mol. The van der Waals surface area contributed by atoms with E-state index in [2.05, 4.69) is 15.6 Å². The lowest BCUT2D eigenvalue weighted by molar-refractivity contribution is -0.126. The number of aromatic nitrogens is 1. The van der Waals surface area contributed by atoms with Crippen LogP contribution in [0.5, 0.6) is 0 Å². The highest BCUT2D eigenvalue weighted by molar-refractivity contribution is 7.89. The molecule has 0 aliphatic carbocycles. The molecule has 1 aromatic carbocycles. The van der Waals surface area contributed by atoms with E-state index in [1.54, 1.807) is 24.5 Å². The van der Waals surface area contributed by atoms with Crippen LogP contribution in [0.15, 0.2) is 53.7 Å². The number of carbonyl (C=O) groups excluding carboxylic acids is 2. The number of amides is 2. The second kappa shape index (κ2) is 10.7. The van der Waals surface area contributed by atoms with E-state index >= 15 is 0 Å². The number of pyridine rings is 1. The summed E-state index contributed by atoms with van der Waals surface area (Å²) in [5.41, 5.74) is 0.952. The van der Waals surface area contributed by atoms with E-state index in [1.807, 2.05) is 12.1 Å². The van der Waals surface area contributed by atoms with Crippen molar-refractivity contribution < 1.29 is 18.0 Å². The van der Waals surface area contributed by atoms with E-state index in [0.29, 0.717) is 24.4 Å². The molecule has 1 aliphatic heterocycles. The van der Waals surface area contributed by atoms with E-state index in [-0.39, 0.29) is 48.7 Å². The first-order valence-electron chi connectivity index (χ1n) is 10.1. The third-order valence-corrected chi connectivity index (χ3v) is 7.33. The van der Waals surface area contributed by atoms with Gasteiger partial charge in [0.15, 0.2) is 0 Å². The largest absolute Gasteiger partial charge is 0.355 e. The first-order chi connectivity index (χ1) is 14.9. The molecular formula is C21H25ClN4O4S. The van der Waals surface area contributed by atoms with Gasteiger partial charge in [0.05, 0.1) is 4.90 Å². The Hall–Kier alpha value is -2.49. The van der Waals surface area contributed by atoms with Crippen molar-refractivity contribution in [2.75, 3.05) is 19.6 Å². The predicted molar refractivity (Wildman–Crippen MR) is 117 cm³/mol. The van der Waals surface area contributed by atoms with Crippen molar-refractivity contribution in [3.8, 4) is 0 Å². The van der Waals surface area contributed by atoms with E-state index in [0.717, 1.165) is 5.56 Å². The predicted octanol–water partition coefficient (Wildman–Crippen LogP) is 1.96. The summed E-state index contributed by atoms with van der Waals surface area (Å²) in [6, 6.07) is 9.69. The fourth-order valence-corrected chi connectivity index (χ4v) is 4.94. The fourth-order valence-electron chi connectivity index (χ4n) is 3.35. The number of benzene rings is 1. The Morgan fingerprint density at radius 1 is 1.03 bits per heavy atom. The van der Waals surface area contributed by atoms with Crippen molar-refractivity contribution in [1.82, 2.24) is 19.9 Å². The molecule has 31 heavy (non-hydrogen) atoms. The number of hydrogen-bond donors (Lipinski definition) is 2. The first kappa shape index (κ1) is 23.2. The Bertz CT molecular complexity index is 992. The fraction of sp³-hybridized carbons (Fsp3) is 0.381.